The van der Waals surface area contributed by atoms with Gasteiger partial charge in [0.2, 0.25) is 5.76 Å². The van der Waals surface area contributed by atoms with Crippen molar-refractivity contribution in [2.45, 2.75) is 24.0 Å². The molecule has 0 saturated carbocycles. The third-order valence-corrected chi connectivity index (χ3v) is 3.26. The molecule has 0 aliphatic carbocycles. The summed E-state index contributed by atoms with van der Waals surface area (Å²) in [6.45, 7) is 4.27. The molecule has 0 aliphatic heterocycles. The van der Waals surface area contributed by atoms with Crippen molar-refractivity contribution in [3.05, 3.63) is 36.1 Å². The quantitative estimate of drug-likeness (QED) is 0.855. The summed E-state index contributed by atoms with van der Waals surface area (Å²) < 4.78 is 4.72. The number of benzene rings is 1. The third kappa shape index (κ3) is 2.92. The molecule has 94 valence electrons. The summed E-state index contributed by atoms with van der Waals surface area (Å²) in [4.78, 5) is 11.9. The first kappa shape index (κ1) is 12.7. The van der Waals surface area contributed by atoms with Crippen molar-refractivity contribution in [3.63, 3.8) is 0 Å². The Kier molecular flexibility index (Phi) is 3.72. The maximum atomic E-state index is 10.7. The molecule has 0 amide bonds. The van der Waals surface area contributed by atoms with Gasteiger partial charge < -0.3 is 9.63 Å². The number of thioether (sulfide) groups is 1. The fourth-order valence-electron chi connectivity index (χ4n) is 1.49. The van der Waals surface area contributed by atoms with Crippen LogP contribution in [0.3, 0.4) is 0 Å². The van der Waals surface area contributed by atoms with Gasteiger partial charge in [0.1, 0.15) is 5.69 Å². The lowest BCUT2D eigenvalue weighted by atomic mass is 10.1. The molecule has 0 saturated heterocycles. The second-order valence-corrected chi connectivity index (χ2v) is 5.72. The second-order valence-electron chi connectivity index (χ2n) is 4.07. The summed E-state index contributed by atoms with van der Waals surface area (Å²) in [5.74, 6) is -1.26. The van der Waals surface area contributed by atoms with Crippen molar-refractivity contribution in [1.29, 1.82) is 0 Å². The second kappa shape index (κ2) is 5.27. The van der Waals surface area contributed by atoms with Gasteiger partial charge in [-0.2, -0.15) is 0 Å². The Morgan fingerprint density at radius 2 is 2.00 bits per heavy atom. The number of aromatic carboxylic acids is 1. The van der Waals surface area contributed by atoms with Gasteiger partial charge >= 0.3 is 5.97 Å². The van der Waals surface area contributed by atoms with Crippen molar-refractivity contribution in [1.82, 2.24) is 5.16 Å². The molecular weight excluding hydrogens is 250 g/mol. The van der Waals surface area contributed by atoms with Crippen LogP contribution in [0.2, 0.25) is 0 Å². The molecule has 1 aromatic carbocycles. The van der Waals surface area contributed by atoms with Crippen LogP contribution in [0.1, 0.15) is 24.4 Å². The van der Waals surface area contributed by atoms with Crippen LogP contribution in [0, 0.1) is 0 Å². The largest absolute Gasteiger partial charge is 0.475 e. The summed E-state index contributed by atoms with van der Waals surface area (Å²) >= 11 is 1.77. The lowest BCUT2D eigenvalue weighted by Crippen LogP contribution is -1.91. The molecule has 0 aliphatic rings. The number of carbonyl (C=O) groups is 1. The molecule has 5 heteroatoms. The average molecular weight is 263 g/mol. The Morgan fingerprint density at radius 3 is 2.50 bits per heavy atom. The first-order valence-electron chi connectivity index (χ1n) is 5.53. The summed E-state index contributed by atoms with van der Waals surface area (Å²) in [5.41, 5.74) is 1.38. The highest BCUT2D eigenvalue weighted by atomic mass is 32.2. The number of aromatic nitrogens is 1. The highest BCUT2D eigenvalue weighted by Crippen LogP contribution is 2.26. The van der Waals surface area contributed by atoms with Crippen LogP contribution in [-0.2, 0) is 0 Å². The monoisotopic (exact) mass is 263 g/mol. The van der Waals surface area contributed by atoms with Crippen molar-refractivity contribution in [2.24, 2.45) is 0 Å². The van der Waals surface area contributed by atoms with Gasteiger partial charge in [0.25, 0.3) is 0 Å². The maximum Gasteiger partial charge on any atom is 0.374 e. The Bertz CT molecular complexity index is 546. The molecular formula is C13H13NO3S. The topological polar surface area (TPSA) is 63.3 Å². The van der Waals surface area contributed by atoms with Crippen LogP contribution in [0.5, 0.6) is 0 Å². The molecule has 2 rings (SSSR count). The van der Waals surface area contributed by atoms with Crippen molar-refractivity contribution >= 4 is 17.7 Å². The zero-order valence-corrected chi connectivity index (χ0v) is 10.9. The third-order valence-electron chi connectivity index (χ3n) is 2.24. The lowest BCUT2D eigenvalue weighted by molar-refractivity contribution is 0.0652. The van der Waals surface area contributed by atoms with Gasteiger partial charge in [0, 0.05) is 21.8 Å². The molecule has 0 bridgehead atoms. The van der Waals surface area contributed by atoms with Crippen LogP contribution in [0.15, 0.2) is 39.8 Å². The normalized spacial score (nSPS) is 10.8. The van der Waals surface area contributed by atoms with E-state index in [1.54, 1.807) is 11.8 Å². The molecule has 0 atom stereocenters. The Hall–Kier alpha value is -1.75. The number of carboxylic acid groups (broad SMARTS) is 1. The number of carboxylic acids is 1. The van der Waals surface area contributed by atoms with E-state index in [2.05, 4.69) is 19.0 Å². The van der Waals surface area contributed by atoms with E-state index in [1.165, 1.54) is 11.0 Å². The van der Waals surface area contributed by atoms with Gasteiger partial charge in [-0.25, -0.2) is 4.79 Å². The minimum atomic E-state index is -1.11. The zero-order valence-electron chi connectivity index (χ0n) is 10.1. The molecule has 1 aromatic heterocycles. The summed E-state index contributed by atoms with van der Waals surface area (Å²) in [6.07, 6.45) is 0. The lowest BCUT2D eigenvalue weighted by Gasteiger charge is -2.04. The Balaban J connectivity index is 2.20. The predicted octanol–water partition coefficient (Wildman–Crippen LogP) is 3.54. The molecule has 0 fully saturated rings. The van der Waals surface area contributed by atoms with Gasteiger partial charge in [-0.1, -0.05) is 31.1 Å². The Morgan fingerprint density at radius 1 is 1.33 bits per heavy atom. The number of rotatable bonds is 4. The molecule has 1 N–H and O–H groups in total. The Labute approximate surface area is 109 Å². The van der Waals surface area contributed by atoms with E-state index in [0.29, 0.717) is 10.9 Å². The van der Waals surface area contributed by atoms with Crippen LogP contribution >= 0.6 is 11.8 Å². The van der Waals surface area contributed by atoms with E-state index >= 15 is 0 Å². The molecule has 0 radical (unpaired) electrons. The van der Waals surface area contributed by atoms with Crippen LogP contribution in [-0.4, -0.2) is 21.5 Å². The fourth-order valence-corrected chi connectivity index (χ4v) is 2.33. The van der Waals surface area contributed by atoms with Gasteiger partial charge in [-0.05, 0) is 12.1 Å². The number of hydrogen-bond donors (Lipinski definition) is 1. The molecule has 2 aromatic rings. The van der Waals surface area contributed by atoms with E-state index in [1.807, 2.05) is 24.3 Å². The van der Waals surface area contributed by atoms with E-state index in [9.17, 15) is 4.79 Å². The van der Waals surface area contributed by atoms with Crippen molar-refractivity contribution in [2.75, 3.05) is 0 Å². The highest BCUT2D eigenvalue weighted by Gasteiger charge is 2.12. The molecule has 18 heavy (non-hydrogen) atoms. The molecule has 0 spiro atoms. The summed E-state index contributed by atoms with van der Waals surface area (Å²) in [5, 5.41) is 13.0. The summed E-state index contributed by atoms with van der Waals surface area (Å²) in [6, 6.07) is 9.24. The van der Waals surface area contributed by atoms with E-state index in [-0.39, 0.29) is 5.76 Å². The zero-order chi connectivity index (χ0) is 13.1. The van der Waals surface area contributed by atoms with Crippen LogP contribution < -0.4 is 0 Å². The number of hydrogen-bond acceptors (Lipinski definition) is 4. The van der Waals surface area contributed by atoms with Crippen molar-refractivity contribution in [3.8, 4) is 11.3 Å². The smallest absolute Gasteiger partial charge is 0.374 e. The SMILES string of the molecule is CC(C)Sc1ccc(-c2cc(C(=O)O)on2)cc1. The first-order valence-corrected chi connectivity index (χ1v) is 6.41. The maximum absolute atomic E-state index is 10.7. The van der Waals surface area contributed by atoms with Gasteiger partial charge in [0.15, 0.2) is 0 Å². The average Bonchev–Trinajstić information content (AvgIpc) is 2.78. The van der Waals surface area contributed by atoms with Gasteiger partial charge in [0.05, 0.1) is 0 Å². The minimum Gasteiger partial charge on any atom is -0.475 e. The summed E-state index contributed by atoms with van der Waals surface area (Å²) in [7, 11) is 0. The van der Waals surface area contributed by atoms with Crippen molar-refractivity contribution < 1.29 is 14.4 Å². The van der Waals surface area contributed by atoms with Crippen LogP contribution in [0.25, 0.3) is 11.3 Å². The molecule has 0 unspecified atom stereocenters. The number of nitrogens with zero attached hydrogens (tertiary/aromatic N) is 1. The standard InChI is InChI=1S/C13H13NO3S/c1-8(2)18-10-5-3-9(4-6-10)11-7-12(13(15)16)17-14-11/h3-8H,1-2H3,(H,15,16). The van der Waals surface area contributed by atoms with E-state index in [0.717, 1.165) is 5.56 Å². The predicted molar refractivity (Wildman–Crippen MR) is 69.9 cm³/mol. The fraction of sp³-hybridized carbons (Fsp3) is 0.231. The molecule has 4 nitrogen and oxygen atoms in total. The van der Waals surface area contributed by atoms with E-state index in [4.69, 9.17) is 9.63 Å². The molecule has 1 heterocycles. The van der Waals surface area contributed by atoms with Gasteiger partial charge in [-0.15, -0.1) is 11.8 Å². The first-order chi connectivity index (χ1) is 8.56. The van der Waals surface area contributed by atoms with Crippen LogP contribution in [0.4, 0.5) is 0 Å². The van der Waals surface area contributed by atoms with E-state index < -0.39 is 5.97 Å². The van der Waals surface area contributed by atoms with Gasteiger partial charge in [-0.3, -0.25) is 0 Å². The highest BCUT2D eigenvalue weighted by molar-refractivity contribution is 7.99. The minimum absolute atomic E-state index is 0.148.